The van der Waals surface area contributed by atoms with E-state index in [9.17, 15) is 9.59 Å². The topological polar surface area (TPSA) is 65.2 Å². The number of aromatic amines is 1. The van der Waals surface area contributed by atoms with E-state index >= 15 is 0 Å². The van der Waals surface area contributed by atoms with Gasteiger partial charge in [0.15, 0.2) is 5.78 Å². The minimum atomic E-state index is -0.0262. The number of carbonyl (C=O) groups is 2. The van der Waals surface area contributed by atoms with E-state index in [0.717, 1.165) is 26.2 Å². The number of rotatable bonds is 3. The molecule has 2 rings (SSSR count). The zero-order valence-corrected chi connectivity index (χ0v) is 9.95. The summed E-state index contributed by atoms with van der Waals surface area (Å²) < 4.78 is 0. The van der Waals surface area contributed by atoms with Crippen LogP contribution in [0.2, 0.25) is 0 Å². The molecule has 0 atom stereocenters. The molecule has 5 nitrogen and oxygen atoms in total. The van der Waals surface area contributed by atoms with Crippen molar-refractivity contribution in [3.63, 3.8) is 0 Å². The van der Waals surface area contributed by atoms with Gasteiger partial charge in [-0.3, -0.25) is 9.59 Å². The van der Waals surface area contributed by atoms with Crippen LogP contribution < -0.4 is 5.32 Å². The molecule has 0 unspecified atom stereocenters. The van der Waals surface area contributed by atoms with Gasteiger partial charge in [0.25, 0.3) is 5.91 Å². The Bertz CT molecular complexity index is 419. The number of nitrogens with zero attached hydrogens (tertiary/aromatic N) is 1. The van der Waals surface area contributed by atoms with Crippen LogP contribution in [0.1, 0.15) is 34.2 Å². The number of hydrogen-bond acceptors (Lipinski definition) is 3. The van der Waals surface area contributed by atoms with Gasteiger partial charge in [-0.2, -0.15) is 0 Å². The van der Waals surface area contributed by atoms with Crippen LogP contribution in [0.4, 0.5) is 0 Å². The summed E-state index contributed by atoms with van der Waals surface area (Å²) in [6.45, 7) is 4.90. The summed E-state index contributed by atoms with van der Waals surface area (Å²) in [4.78, 5) is 28.2. The van der Waals surface area contributed by atoms with Crippen molar-refractivity contribution in [3.05, 3.63) is 23.5 Å². The molecule has 5 heteroatoms. The summed E-state index contributed by atoms with van der Waals surface area (Å²) >= 11 is 0. The first kappa shape index (κ1) is 11.9. The molecular weight excluding hydrogens is 218 g/mol. The van der Waals surface area contributed by atoms with Gasteiger partial charge in [0, 0.05) is 44.4 Å². The van der Waals surface area contributed by atoms with Crippen LogP contribution in [0.3, 0.4) is 0 Å². The SMILES string of the molecule is CCC(=O)c1c[nH]c(C(=O)N2CCNCC2)c1. The molecule has 0 radical (unpaired) electrons. The van der Waals surface area contributed by atoms with E-state index in [0.29, 0.717) is 17.7 Å². The summed E-state index contributed by atoms with van der Waals surface area (Å²) in [5.74, 6) is 0.0299. The number of piperazine rings is 1. The number of Topliss-reactive ketones (excluding diaryl/α,β-unsaturated/α-hetero) is 1. The minimum absolute atomic E-state index is 0.0262. The average molecular weight is 235 g/mol. The molecule has 1 aromatic heterocycles. The first-order valence-corrected chi connectivity index (χ1v) is 5.94. The van der Waals surface area contributed by atoms with E-state index in [1.54, 1.807) is 17.2 Å². The Morgan fingerprint density at radius 2 is 2.06 bits per heavy atom. The quantitative estimate of drug-likeness (QED) is 0.756. The normalized spacial score (nSPS) is 15.9. The fourth-order valence-electron chi connectivity index (χ4n) is 1.92. The highest BCUT2D eigenvalue weighted by Crippen LogP contribution is 2.09. The Labute approximate surface area is 100 Å². The fraction of sp³-hybridized carbons (Fsp3) is 0.500. The van der Waals surface area contributed by atoms with Crippen molar-refractivity contribution in [2.24, 2.45) is 0 Å². The van der Waals surface area contributed by atoms with Gasteiger partial charge in [-0.15, -0.1) is 0 Å². The van der Waals surface area contributed by atoms with Crippen molar-refractivity contribution in [3.8, 4) is 0 Å². The standard InChI is InChI=1S/C12H17N3O2/c1-2-11(16)9-7-10(14-8-9)12(17)15-5-3-13-4-6-15/h7-8,13-14H,2-6H2,1H3. The zero-order chi connectivity index (χ0) is 12.3. The Morgan fingerprint density at radius 3 is 2.71 bits per heavy atom. The van der Waals surface area contributed by atoms with E-state index in [4.69, 9.17) is 0 Å². The highest BCUT2D eigenvalue weighted by molar-refractivity contribution is 6.00. The molecule has 1 saturated heterocycles. The zero-order valence-electron chi connectivity index (χ0n) is 9.95. The summed E-state index contributed by atoms with van der Waals surface area (Å²) in [5.41, 5.74) is 1.09. The van der Waals surface area contributed by atoms with Gasteiger partial charge >= 0.3 is 0 Å². The predicted molar refractivity (Wildman–Crippen MR) is 64.2 cm³/mol. The van der Waals surface area contributed by atoms with Crippen molar-refractivity contribution in [2.45, 2.75) is 13.3 Å². The lowest BCUT2D eigenvalue weighted by Gasteiger charge is -2.26. The molecule has 92 valence electrons. The van der Waals surface area contributed by atoms with Gasteiger partial charge in [-0.05, 0) is 6.07 Å². The molecule has 1 fully saturated rings. The lowest BCUT2D eigenvalue weighted by Crippen LogP contribution is -2.46. The number of ketones is 1. The van der Waals surface area contributed by atoms with E-state index in [-0.39, 0.29) is 11.7 Å². The van der Waals surface area contributed by atoms with Crippen molar-refractivity contribution in [2.75, 3.05) is 26.2 Å². The number of hydrogen-bond donors (Lipinski definition) is 2. The molecule has 2 heterocycles. The molecule has 1 amide bonds. The van der Waals surface area contributed by atoms with E-state index in [1.165, 1.54) is 0 Å². The molecule has 1 aliphatic heterocycles. The van der Waals surface area contributed by atoms with Gasteiger partial charge in [-0.25, -0.2) is 0 Å². The molecule has 0 bridgehead atoms. The largest absolute Gasteiger partial charge is 0.356 e. The third-order valence-electron chi connectivity index (χ3n) is 2.96. The average Bonchev–Trinajstić information content (AvgIpc) is 2.87. The number of aromatic nitrogens is 1. The lowest BCUT2D eigenvalue weighted by atomic mass is 10.1. The summed E-state index contributed by atoms with van der Waals surface area (Å²) in [6.07, 6.45) is 2.07. The van der Waals surface area contributed by atoms with E-state index in [2.05, 4.69) is 10.3 Å². The Balaban J connectivity index is 2.08. The molecule has 0 aliphatic carbocycles. The number of carbonyl (C=O) groups excluding carboxylic acids is 2. The Hall–Kier alpha value is -1.62. The van der Waals surface area contributed by atoms with Gasteiger partial charge in [0.1, 0.15) is 5.69 Å². The van der Waals surface area contributed by atoms with Gasteiger partial charge in [0.2, 0.25) is 0 Å². The van der Waals surface area contributed by atoms with Gasteiger partial charge < -0.3 is 15.2 Å². The van der Waals surface area contributed by atoms with Crippen LogP contribution in [-0.4, -0.2) is 47.8 Å². The van der Waals surface area contributed by atoms with Crippen molar-refractivity contribution < 1.29 is 9.59 Å². The van der Waals surface area contributed by atoms with E-state index < -0.39 is 0 Å². The maximum Gasteiger partial charge on any atom is 0.270 e. The van der Waals surface area contributed by atoms with Crippen molar-refractivity contribution >= 4 is 11.7 Å². The van der Waals surface area contributed by atoms with E-state index in [1.807, 2.05) is 6.92 Å². The van der Waals surface area contributed by atoms with Crippen LogP contribution in [0.25, 0.3) is 0 Å². The lowest BCUT2D eigenvalue weighted by molar-refractivity contribution is 0.0730. The first-order valence-electron chi connectivity index (χ1n) is 5.94. The maximum atomic E-state index is 12.1. The van der Waals surface area contributed by atoms with Crippen LogP contribution in [0.15, 0.2) is 12.3 Å². The summed E-state index contributed by atoms with van der Waals surface area (Å²) in [6, 6.07) is 1.65. The molecule has 0 spiro atoms. The summed E-state index contributed by atoms with van der Waals surface area (Å²) in [5, 5.41) is 3.20. The second-order valence-corrected chi connectivity index (χ2v) is 4.12. The van der Waals surface area contributed by atoms with Crippen LogP contribution in [0, 0.1) is 0 Å². The minimum Gasteiger partial charge on any atom is -0.356 e. The molecule has 0 aromatic carbocycles. The summed E-state index contributed by atoms with van der Waals surface area (Å²) in [7, 11) is 0. The smallest absolute Gasteiger partial charge is 0.270 e. The fourth-order valence-corrected chi connectivity index (χ4v) is 1.92. The molecule has 17 heavy (non-hydrogen) atoms. The van der Waals surface area contributed by atoms with Crippen LogP contribution >= 0.6 is 0 Å². The monoisotopic (exact) mass is 235 g/mol. The molecular formula is C12H17N3O2. The highest BCUT2D eigenvalue weighted by atomic mass is 16.2. The Kier molecular flexibility index (Phi) is 3.58. The van der Waals surface area contributed by atoms with Crippen LogP contribution in [-0.2, 0) is 0 Å². The molecule has 2 N–H and O–H groups in total. The predicted octanol–water partition coefficient (Wildman–Crippen LogP) is 0.653. The van der Waals surface area contributed by atoms with Crippen molar-refractivity contribution in [1.29, 1.82) is 0 Å². The Morgan fingerprint density at radius 1 is 1.35 bits per heavy atom. The van der Waals surface area contributed by atoms with Crippen LogP contribution in [0.5, 0.6) is 0 Å². The van der Waals surface area contributed by atoms with Crippen molar-refractivity contribution in [1.82, 2.24) is 15.2 Å². The number of H-pyrrole nitrogens is 1. The molecule has 1 aromatic rings. The van der Waals surface area contributed by atoms with Gasteiger partial charge in [0.05, 0.1) is 0 Å². The second kappa shape index (κ2) is 5.14. The number of nitrogens with one attached hydrogen (secondary N) is 2. The molecule has 1 aliphatic rings. The highest BCUT2D eigenvalue weighted by Gasteiger charge is 2.19. The van der Waals surface area contributed by atoms with Gasteiger partial charge in [-0.1, -0.05) is 6.92 Å². The third-order valence-corrected chi connectivity index (χ3v) is 2.96. The third kappa shape index (κ3) is 2.55. The number of amides is 1. The first-order chi connectivity index (χ1) is 8.22. The molecule has 0 saturated carbocycles. The maximum absolute atomic E-state index is 12.1. The second-order valence-electron chi connectivity index (χ2n) is 4.12.